The van der Waals surface area contributed by atoms with Gasteiger partial charge in [0.2, 0.25) is 5.91 Å². The van der Waals surface area contributed by atoms with Crippen LogP contribution in [0.5, 0.6) is 0 Å². The minimum atomic E-state index is 0.205. The van der Waals surface area contributed by atoms with Crippen molar-refractivity contribution in [2.45, 2.75) is 82.8 Å². The fourth-order valence-corrected chi connectivity index (χ4v) is 3.68. The lowest BCUT2D eigenvalue weighted by atomic mass is 9.95. The third-order valence-electron chi connectivity index (χ3n) is 4.87. The molecule has 0 spiro atoms. The number of rotatable bonds is 5. The van der Waals surface area contributed by atoms with Crippen LogP contribution in [0.4, 0.5) is 0 Å². The molecule has 116 valence electrons. The molecule has 0 aromatic carbocycles. The summed E-state index contributed by atoms with van der Waals surface area (Å²) in [4.78, 5) is 14.5. The van der Waals surface area contributed by atoms with E-state index in [1.54, 1.807) is 0 Å². The molecule has 1 saturated carbocycles. The third-order valence-corrected chi connectivity index (χ3v) is 4.87. The average Bonchev–Trinajstić information content (AvgIpc) is 2.46. The predicted molar refractivity (Wildman–Crippen MR) is 82.5 cm³/mol. The Kier molecular flexibility index (Phi) is 6.30. The summed E-state index contributed by atoms with van der Waals surface area (Å²) < 4.78 is 0. The molecule has 20 heavy (non-hydrogen) atoms. The van der Waals surface area contributed by atoms with E-state index >= 15 is 0 Å². The Hall–Kier alpha value is -0.610. The molecule has 2 aliphatic rings. The Morgan fingerprint density at radius 3 is 2.60 bits per heavy atom. The molecule has 1 amide bonds. The van der Waals surface area contributed by atoms with Crippen molar-refractivity contribution in [2.24, 2.45) is 5.73 Å². The second-order valence-electron chi connectivity index (χ2n) is 6.61. The van der Waals surface area contributed by atoms with Gasteiger partial charge in [-0.15, -0.1) is 0 Å². The molecule has 2 fully saturated rings. The molecule has 0 bridgehead atoms. The van der Waals surface area contributed by atoms with Gasteiger partial charge in [-0.1, -0.05) is 25.7 Å². The second kappa shape index (κ2) is 7.99. The van der Waals surface area contributed by atoms with Crippen molar-refractivity contribution in [3.05, 3.63) is 0 Å². The van der Waals surface area contributed by atoms with Crippen LogP contribution in [-0.4, -0.2) is 42.0 Å². The van der Waals surface area contributed by atoms with Gasteiger partial charge in [0, 0.05) is 31.1 Å². The zero-order valence-corrected chi connectivity index (χ0v) is 12.9. The van der Waals surface area contributed by atoms with Gasteiger partial charge in [0.25, 0.3) is 0 Å². The molecule has 4 heteroatoms. The molecule has 3 N–H and O–H groups in total. The first-order valence-corrected chi connectivity index (χ1v) is 8.46. The van der Waals surface area contributed by atoms with Crippen molar-refractivity contribution in [1.82, 2.24) is 10.2 Å². The van der Waals surface area contributed by atoms with E-state index < -0.39 is 0 Å². The molecule has 1 heterocycles. The van der Waals surface area contributed by atoms with Gasteiger partial charge in [-0.2, -0.15) is 0 Å². The van der Waals surface area contributed by atoms with E-state index in [4.69, 9.17) is 5.73 Å². The zero-order valence-electron chi connectivity index (χ0n) is 12.9. The van der Waals surface area contributed by atoms with E-state index in [1.165, 1.54) is 38.5 Å². The molecule has 2 atom stereocenters. The number of hydrogen-bond donors (Lipinski definition) is 2. The molecule has 2 rings (SSSR count). The Morgan fingerprint density at radius 2 is 1.90 bits per heavy atom. The largest absolute Gasteiger partial charge is 0.353 e. The highest BCUT2D eigenvalue weighted by molar-refractivity contribution is 5.76. The van der Waals surface area contributed by atoms with E-state index in [9.17, 15) is 4.79 Å². The Bertz CT molecular complexity index is 300. The van der Waals surface area contributed by atoms with Gasteiger partial charge in [0.05, 0.1) is 0 Å². The van der Waals surface area contributed by atoms with Gasteiger partial charge in [0.15, 0.2) is 0 Å². The zero-order chi connectivity index (χ0) is 14.4. The topological polar surface area (TPSA) is 58.4 Å². The minimum Gasteiger partial charge on any atom is -0.353 e. The normalized spacial score (nSPS) is 27.2. The average molecular weight is 281 g/mol. The van der Waals surface area contributed by atoms with E-state index in [0.29, 0.717) is 18.5 Å². The molecule has 4 nitrogen and oxygen atoms in total. The first-order chi connectivity index (χ1) is 9.66. The number of nitrogens with zero attached hydrogens (tertiary/aromatic N) is 1. The first kappa shape index (κ1) is 15.8. The lowest BCUT2D eigenvalue weighted by molar-refractivity contribution is -0.122. The number of hydrogen-bond acceptors (Lipinski definition) is 3. The molecular formula is C16H31N3O. The summed E-state index contributed by atoms with van der Waals surface area (Å²) in [6.07, 6.45) is 10.5. The second-order valence-corrected chi connectivity index (χ2v) is 6.61. The van der Waals surface area contributed by atoms with Crippen molar-refractivity contribution < 1.29 is 4.79 Å². The monoisotopic (exact) mass is 281 g/mol. The highest BCUT2D eigenvalue weighted by Gasteiger charge is 2.25. The van der Waals surface area contributed by atoms with Crippen molar-refractivity contribution in [2.75, 3.05) is 13.1 Å². The smallest absolute Gasteiger partial charge is 0.221 e. The fraction of sp³-hybridized carbons (Fsp3) is 0.938. The van der Waals surface area contributed by atoms with Crippen LogP contribution in [0.25, 0.3) is 0 Å². The van der Waals surface area contributed by atoms with E-state index in [2.05, 4.69) is 17.1 Å². The molecular weight excluding hydrogens is 250 g/mol. The number of nitrogens with two attached hydrogens (primary N) is 1. The maximum absolute atomic E-state index is 12.1. The molecule has 2 unspecified atom stereocenters. The van der Waals surface area contributed by atoms with E-state index in [0.717, 1.165) is 25.9 Å². The number of carbonyl (C=O) groups excluding carboxylic acids is 1. The maximum atomic E-state index is 12.1. The van der Waals surface area contributed by atoms with Crippen LogP contribution >= 0.6 is 0 Å². The molecule has 1 aliphatic carbocycles. The SMILES string of the molecule is CC(N)C1CCCCN1CCC(=O)NC1CCCCC1. The summed E-state index contributed by atoms with van der Waals surface area (Å²) in [5, 5.41) is 3.21. The van der Waals surface area contributed by atoms with Crippen LogP contribution < -0.4 is 11.1 Å². The quantitative estimate of drug-likeness (QED) is 0.810. The summed E-state index contributed by atoms with van der Waals surface area (Å²) in [5.74, 6) is 0.228. The summed E-state index contributed by atoms with van der Waals surface area (Å²) in [6, 6.07) is 1.10. The van der Waals surface area contributed by atoms with Crippen LogP contribution in [0.2, 0.25) is 0 Å². The Labute approximate surface area is 123 Å². The molecule has 0 aromatic heterocycles. The van der Waals surface area contributed by atoms with Gasteiger partial charge in [0.1, 0.15) is 0 Å². The molecule has 1 aliphatic heterocycles. The van der Waals surface area contributed by atoms with Crippen molar-refractivity contribution in [3.8, 4) is 0 Å². The third kappa shape index (κ3) is 4.74. The van der Waals surface area contributed by atoms with E-state index in [-0.39, 0.29) is 11.9 Å². The van der Waals surface area contributed by atoms with Gasteiger partial charge < -0.3 is 11.1 Å². The molecule has 0 radical (unpaired) electrons. The van der Waals surface area contributed by atoms with Crippen LogP contribution in [-0.2, 0) is 4.79 Å². The van der Waals surface area contributed by atoms with Crippen molar-refractivity contribution >= 4 is 5.91 Å². The lowest BCUT2D eigenvalue weighted by Gasteiger charge is -2.38. The van der Waals surface area contributed by atoms with Gasteiger partial charge in [-0.25, -0.2) is 0 Å². The lowest BCUT2D eigenvalue weighted by Crippen LogP contribution is -2.50. The predicted octanol–water partition coefficient (Wildman–Crippen LogP) is 2.03. The van der Waals surface area contributed by atoms with Crippen molar-refractivity contribution in [3.63, 3.8) is 0 Å². The highest BCUT2D eigenvalue weighted by Crippen LogP contribution is 2.20. The van der Waals surface area contributed by atoms with Crippen LogP contribution in [0.3, 0.4) is 0 Å². The fourth-order valence-electron chi connectivity index (χ4n) is 3.68. The number of piperidine rings is 1. The Balaban J connectivity index is 1.71. The summed E-state index contributed by atoms with van der Waals surface area (Å²) in [6.45, 7) is 4.05. The van der Waals surface area contributed by atoms with Gasteiger partial charge in [-0.05, 0) is 39.2 Å². The Morgan fingerprint density at radius 1 is 1.20 bits per heavy atom. The maximum Gasteiger partial charge on any atom is 0.221 e. The highest BCUT2D eigenvalue weighted by atomic mass is 16.1. The van der Waals surface area contributed by atoms with Gasteiger partial charge >= 0.3 is 0 Å². The van der Waals surface area contributed by atoms with Crippen molar-refractivity contribution in [1.29, 1.82) is 0 Å². The van der Waals surface area contributed by atoms with Crippen LogP contribution in [0.1, 0.15) is 64.7 Å². The summed E-state index contributed by atoms with van der Waals surface area (Å²) in [7, 11) is 0. The minimum absolute atomic E-state index is 0.205. The number of carbonyl (C=O) groups is 1. The number of nitrogens with one attached hydrogen (secondary N) is 1. The van der Waals surface area contributed by atoms with E-state index in [1.807, 2.05) is 0 Å². The van der Waals surface area contributed by atoms with Crippen LogP contribution in [0.15, 0.2) is 0 Å². The summed E-state index contributed by atoms with van der Waals surface area (Å²) >= 11 is 0. The number of likely N-dealkylation sites (tertiary alicyclic amines) is 1. The summed E-state index contributed by atoms with van der Waals surface area (Å²) in [5.41, 5.74) is 6.07. The molecule has 1 saturated heterocycles. The molecule has 0 aromatic rings. The number of amides is 1. The first-order valence-electron chi connectivity index (χ1n) is 8.46. The standard InChI is InChI=1S/C16H31N3O/c1-13(17)15-9-5-6-11-19(15)12-10-16(20)18-14-7-3-2-4-8-14/h13-15H,2-12,17H2,1H3,(H,18,20). The van der Waals surface area contributed by atoms with Gasteiger partial charge in [-0.3, -0.25) is 9.69 Å². The van der Waals surface area contributed by atoms with Crippen LogP contribution in [0, 0.1) is 0 Å².